The molecule has 6 heteroatoms. The van der Waals surface area contributed by atoms with Crippen molar-refractivity contribution in [2.45, 2.75) is 26.7 Å². The Labute approximate surface area is 172 Å². The molecule has 2 N–H and O–H groups in total. The number of halogens is 1. The van der Waals surface area contributed by atoms with Crippen LogP contribution >= 0.6 is 11.6 Å². The zero-order valence-electron chi connectivity index (χ0n) is 16.7. The van der Waals surface area contributed by atoms with Crippen molar-refractivity contribution in [3.63, 3.8) is 0 Å². The van der Waals surface area contributed by atoms with Crippen molar-refractivity contribution in [2.75, 3.05) is 43.4 Å². The van der Waals surface area contributed by atoms with E-state index in [1.807, 2.05) is 36.1 Å². The zero-order valence-corrected chi connectivity index (χ0v) is 17.5. The Balaban J connectivity index is 1.58. The van der Waals surface area contributed by atoms with Gasteiger partial charge in [0.1, 0.15) is 5.75 Å². The molecular formula is C22H28ClN3O2. The van der Waals surface area contributed by atoms with Crippen LogP contribution in [0.2, 0.25) is 5.02 Å². The van der Waals surface area contributed by atoms with E-state index in [-0.39, 0.29) is 12.5 Å². The van der Waals surface area contributed by atoms with E-state index in [0.29, 0.717) is 42.8 Å². The van der Waals surface area contributed by atoms with E-state index in [9.17, 15) is 4.79 Å². The van der Waals surface area contributed by atoms with Crippen LogP contribution in [0, 0.1) is 6.92 Å². The number of hydrogen-bond acceptors (Lipinski definition) is 4. The van der Waals surface area contributed by atoms with Gasteiger partial charge in [0.2, 0.25) is 0 Å². The summed E-state index contributed by atoms with van der Waals surface area (Å²) in [5.74, 6) is 1.14. The molecule has 0 radical (unpaired) electrons. The summed E-state index contributed by atoms with van der Waals surface area (Å²) in [4.78, 5) is 16.6. The molecule has 1 amide bonds. The second-order valence-corrected chi connectivity index (χ2v) is 7.94. The molecule has 3 rings (SSSR count). The monoisotopic (exact) mass is 401 g/mol. The SMILES string of the molecule is Cc1ccc(C(C)C)c(OCC(=O)N2CCN(c3c(N)cccc3Cl)CC2)c1. The Morgan fingerprint density at radius 3 is 2.54 bits per heavy atom. The minimum absolute atomic E-state index is 0.00277. The molecule has 28 heavy (non-hydrogen) atoms. The number of carbonyl (C=O) groups excluding carboxylic acids is 1. The predicted octanol–water partition coefficient (Wildman–Crippen LogP) is 4.08. The normalized spacial score (nSPS) is 14.5. The van der Waals surface area contributed by atoms with Gasteiger partial charge in [-0.05, 0) is 42.2 Å². The van der Waals surface area contributed by atoms with E-state index in [2.05, 4.69) is 30.9 Å². The smallest absolute Gasteiger partial charge is 0.260 e. The molecule has 0 spiro atoms. The predicted molar refractivity (Wildman–Crippen MR) is 115 cm³/mol. The van der Waals surface area contributed by atoms with Crippen LogP contribution in [0.25, 0.3) is 0 Å². The summed E-state index contributed by atoms with van der Waals surface area (Å²) in [5, 5.41) is 0.642. The zero-order chi connectivity index (χ0) is 20.3. The van der Waals surface area contributed by atoms with Crippen molar-refractivity contribution in [3.05, 3.63) is 52.5 Å². The lowest BCUT2D eigenvalue weighted by Crippen LogP contribution is -2.50. The quantitative estimate of drug-likeness (QED) is 0.767. The summed E-state index contributed by atoms with van der Waals surface area (Å²) in [5.41, 5.74) is 9.85. The first-order valence-electron chi connectivity index (χ1n) is 9.67. The lowest BCUT2D eigenvalue weighted by atomic mass is 10.0. The highest BCUT2D eigenvalue weighted by Crippen LogP contribution is 2.32. The first kappa shape index (κ1) is 20.3. The largest absolute Gasteiger partial charge is 0.483 e. The Morgan fingerprint density at radius 1 is 1.18 bits per heavy atom. The van der Waals surface area contributed by atoms with Crippen LogP contribution in [0.3, 0.4) is 0 Å². The summed E-state index contributed by atoms with van der Waals surface area (Å²) >= 11 is 6.31. The molecule has 1 aliphatic heterocycles. The maximum Gasteiger partial charge on any atom is 0.260 e. The van der Waals surface area contributed by atoms with Gasteiger partial charge in [0.15, 0.2) is 6.61 Å². The minimum Gasteiger partial charge on any atom is -0.483 e. The third kappa shape index (κ3) is 4.53. The van der Waals surface area contributed by atoms with E-state index in [0.717, 1.165) is 22.6 Å². The van der Waals surface area contributed by atoms with E-state index >= 15 is 0 Å². The Bertz CT molecular complexity index is 825. The number of amides is 1. The van der Waals surface area contributed by atoms with Crippen LogP contribution in [-0.2, 0) is 4.79 Å². The fraction of sp³-hybridized carbons (Fsp3) is 0.409. The van der Waals surface area contributed by atoms with E-state index in [1.54, 1.807) is 0 Å². The molecule has 0 atom stereocenters. The number of anilines is 2. The van der Waals surface area contributed by atoms with Crippen LogP contribution in [0.15, 0.2) is 36.4 Å². The molecule has 2 aromatic carbocycles. The number of para-hydroxylation sites is 1. The topological polar surface area (TPSA) is 58.8 Å². The number of nitrogen functional groups attached to an aromatic ring is 1. The van der Waals surface area contributed by atoms with Gasteiger partial charge in [0, 0.05) is 26.2 Å². The molecule has 0 bridgehead atoms. The molecule has 1 heterocycles. The van der Waals surface area contributed by atoms with E-state index < -0.39 is 0 Å². The Morgan fingerprint density at radius 2 is 1.89 bits per heavy atom. The van der Waals surface area contributed by atoms with Crippen molar-refractivity contribution < 1.29 is 9.53 Å². The molecule has 150 valence electrons. The van der Waals surface area contributed by atoms with Gasteiger partial charge in [0.05, 0.1) is 16.4 Å². The van der Waals surface area contributed by atoms with Crippen molar-refractivity contribution in [1.82, 2.24) is 4.90 Å². The number of piperazine rings is 1. The maximum absolute atomic E-state index is 12.6. The van der Waals surface area contributed by atoms with Crippen molar-refractivity contribution in [1.29, 1.82) is 0 Å². The van der Waals surface area contributed by atoms with Crippen LogP contribution in [0.5, 0.6) is 5.75 Å². The van der Waals surface area contributed by atoms with Gasteiger partial charge in [-0.3, -0.25) is 4.79 Å². The first-order chi connectivity index (χ1) is 13.4. The second-order valence-electron chi connectivity index (χ2n) is 7.53. The summed E-state index contributed by atoms with van der Waals surface area (Å²) in [6, 6.07) is 11.7. The molecule has 5 nitrogen and oxygen atoms in total. The molecular weight excluding hydrogens is 374 g/mol. The number of aryl methyl sites for hydroxylation is 1. The summed E-state index contributed by atoms with van der Waals surface area (Å²) < 4.78 is 5.90. The van der Waals surface area contributed by atoms with Crippen molar-refractivity contribution in [2.24, 2.45) is 0 Å². The van der Waals surface area contributed by atoms with E-state index in [4.69, 9.17) is 22.1 Å². The Kier molecular flexibility index (Phi) is 6.35. The highest BCUT2D eigenvalue weighted by molar-refractivity contribution is 6.34. The lowest BCUT2D eigenvalue weighted by molar-refractivity contribution is -0.133. The van der Waals surface area contributed by atoms with E-state index in [1.165, 1.54) is 0 Å². The van der Waals surface area contributed by atoms with Gasteiger partial charge in [0.25, 0.3) is 5.91 Å². The van der Waals surface area contributed by atoms with Crippen LogP contribution in [0.4, 0.5) is 11.4 Å². The number of nitrogens with zero attached hydrogens (tertiary/aromatic N) is 2. The van der Waals surface area contributed by atoms with Crippen LogP contribution < -0.4 is 15.4 Å². The third-order valence-electron chi connectivity index (χ3n) is 5.11. The van der Waals surface area contributed by atoms with Gasteiger partial charge in [-0.1, -0.05) is 43.6 Å². The van der Waals surface area contributed by atoms with Crippen LogP contribution in [0.1, 0.15) is 30.9 Å². The molecule has 0 aromatic heterocycles. The number of nitrogens with two attached hydrogens (primary N) is 1. The molecule has 2 aromatic rings. The fourth-order valence-corrected chi connectivity index (χ4v) is 3.82. The van der Waals surface area contributed by atoms with Crippen molar-refractivity contribution >= 4 is 28.9 Å². The maximum atomic E-state index is 12.6. The summed E-state index contributed by atoms with van der Waals surface area (Å²) in [7, 11) is 0. The summed E-state index contributed by atoms with van der Waals surface area (Å²) in [6.07, 6.45) is 0. The second kappa shape index (κ2) is 8.74. The lowest BCUT2D eigenvalue weighted by Gasteiger charge is -2.37. The molecule has 0 aliphatic carbocycles. The standard InChI is InChI=1S/C22H28ClN3O2/c1-15(2)17-8-7-16(3)13-20(17)28-14-21(27)25-9-11-26(12-10-25)22-18(23)5-4-6-19(22)24/h4-8,13,15H,9-12,14,24H2,1-3H3. The number of carbonyl (C=O) groups is 1. The average molecular weight is 402 g/mol. The van der Waals surface area contributed by atoms with Gasteiger partial charge in [-0.25, -0.2) is 0 Å². The highest BCUT2D eigenvalue weighted by Gasteiger charge is 2.24. The first-order valence-corrected chi connectivity index (χ1v) is 10.0. The van der Waals surface area contributed by atoms with Gasteiger partial charge in [-0.2, -0.15) is 0 Å². The minimum atomic E-state index is 0.00277. The fourth-order valence-electron chi connectivity index (χ4n) is 3.52. The third-order valence-corrected chi connectivity index (χ3v) is 5.41. The number of benzene rings is 2. The number of hydrogen-bond donors (Lipinski definition) is 1. The molecule has 1 aliphatic rings. The number of rotatable bonds is 5. The number of ether oxygens (including phenoxy) is 1. The van der Waals surface area contributed by atoms with Crippen molar-refractivity contribution in [3.8, 4) is 5.75 Å². The Hall–Kier alpha value is -2.40. The van der Waals surface area contributed by atoms with Gasteiger partial charge >= 0.3 is 0 Å². The van der Waals surface area contributed by atoms with Crippen LogP contribution in [-0.4, -0.2) is 43.6 Å². The molecule has 0 saturated carbocycles. The van der Waals surface area contributed by atoms with Gasteiger partial charge < -0.3 is 20.3 Å². The highest BCUT2D eigenvalue weighted by atomic mass is 35.5. The average Bonchev–Trinajstić information content (AvgIpc) is 2.66. The summed E-state index contributed by atoms with van der Waals surface area (Å²) in [6.45, 7) is 8.96. The molecule has 1 saturated heterocycles. The molecule has 0 unspecified atom stereocenters. The molecule has 1 fully saturated rings. The van der Waals surface area contributed by atoms with Gasteiger partial charge in [-0.15, -0.1) is 0 Å².